The highest BCUT2D eigenvalue weighted by Crippen LogP contribution is 2.34. The Hall–Kier alpha value is -0.340. The molecular weight excluding hydrogens is 188 g/mol. The molecule has 88 valence electrons. The van der Waals surface area contributed by atoms with Crippen LogP contribution >= 0.6 is 0 Å². The smallest absolute Gasteiger partial charge is 0.104 e. The van der Waals surface area contributed by atoms with Gasteiger partial charge in [-0.1, -0.05) is 38.3 Å². The molecule has 0 heterocycles. The van der Waals surface area contributed by atoms with Crippen LogP contribution in [-0.2, 0) is 4.74 Å². The molecule has 1 atom stereocenters. The molecule has 0 spiro atoms. The third-order valence-electron chi connectivity index (χ3n) is 3.11. The van der Waals surface area contributed by atoms with Crippen LogP contribution in [0.3, 0.4) is 0 Å². The van der Waals surface area contributed by atoms with Crippen molar-refractivity contribution in [1.82, 2.24) is 0 Å². The minimum atomic E-state index is -0.597. The van der Waals surface area contributed by atoms with Gasteiger partial charge in [-0.3, -0.25) is 0 Å². The number of rotatable bonds is 6. The van der Waals surface area contributed by atoms with E-state index in [-0.39, 0.29) is 6.10 Å². The van der Waals surface area contributed by atoms with E-state index in [4.69, 9.17) is 4.74 Å². The van der Waals surface area contributed by atoms with Crippen molar-refractivity contribution < 1.29 is 9.84 Å². The molecule has 1 fully saturated rings. The third kappa shape index (κ3) is 3.62. The van der Waals surface area contributed by atoms with E-state index < -0.39 is 5.60 Å². The van der Waals surface area contributed by atoms with Gasteiger partial charge in [0.2, 0.25) is 0 Å². The first-order valence-electron chi connectivity index (χ1n) is 6.23. The van der Waals surface area contributed by atoms with E-state index >= 15 is 0 Å². The van der Waals surface area contributed by atoms with Gasteiger partial charge in [0.25, 0.3) is 0 Å². The van der Waals surface area contributed by atoms with Crippen molar-refractivity contribution in [2.45, 2.75) is 64.1 Å². The van der Waals surface area contributed by atoms with Crippen molar-refractivity contribution in [3.8, 4) is 0 Å². The fraction of sp³-hybridized carbons (Fsp3) is 0.846. The summed E-state index contributed by atoms with van der Waals surface area (Å²) >= 11 is 0. The van der Waals surface area contributed by atoms with Gasteiger partial charge < -0.3 is 9.84 Å². The van der Waals surface area contributed by atoms with Gasteiger partial charge in [-0.2, -0.15) is 0 Å². The van der Waals surface area contributed by atoms with Crippen molar-refractivity contribution in [3.63, 3.8) is 0 Å². The largest absolute Gasteiger partial charge is 0.387 e. The second kappa shape index (κ2) is 6.29. The van der Waals surface area contributed by atoms with Crippen LogP contribution in [-0.4, -0.2) is 23.4 Å². The van der Waals surface area contributed by atoms with E-state index in [0.29, 0.717) is 6.61 Å². The molecule has 0 amide bonds. The second-order valence-corrected chi connectivity index (χ2v) is 4.40. The average molecular weight is 212 g/mol. The van der Waals surface area contributed by atoms with Crippen LogP contribution in [0.25, 0.3) is 0 Å². The molecule has 1 aliphatic carbocycles. The van der Waals surface area contributed by atoms with E-state index in [1.54, 1.807) is 0 Å². The summed E-state index contributed by atoms with van der Waals surface area (Å²) in [6, 6.07) is 0. The maximum atomic E-state index is 10.4. The molecule has 2 nitrogen and oxygen atoms in total. The molecular formula is C13H24O2. The topological polar surface area (TPSA) is 29.5 Å². The van der Waals surface area contributed by atoms with Gasteiger partial charge in [0.15, 0.2) is 0 Å². The van der Waals surface area contributed by atoms with Gasteiger partial charge >= 0.3 is 0 Å². The molecule has 1 N–H and O–H groups in total. The number of hydrogen-bond donors (Lipinski definition) is 1. The number of aliphatic hydroxyl groups is 1. The van der Waals surface area contributed by atoms with Crippen molar-refractivity contribution >= 4 is 0 Å². The minimum Gasteiger partial charge on any atom is -0.387 e. The Balaban J connectivity index is 2.55. The first kappa shape index (κ1) is 12.7. The molecule has 0 aromatic carbocycles. The van der Waals surface area contributed by atoms with Crippen molar-refractivity contribution in [2.75, 3.05) is 6.61 Å². The second-order valence-electron chi connectivity index (χ2n) is 4.40. The zero-order valence-corrected chi connectivity index (χ0v) is 10.0. The highest BCUT2D eigenvalue weighted by molar-refractivity contribution is 5.03. The number of hydrogen-bond acceptors (Lipinski definition) is 2. The zero-order valence-electron chi connectivity index (χ0n) is 10.0. The van der Waals surface area contributed by atoms with Crippen molar-refractivity contribution in [2.24, 2.45) is 0 Å². The van der Waals surface area contributed by atoms with Crippen LogP contribution in [0.4, 0.5) is 0 Å². The quantitative estimate of drug-likeness (QED) is 0.686. The van der Waals surface area contributed by atoms with E-state index in [9.17, 15) is 5.11 Å². The van der Waals surface area contributed by atoms with Crippen LogP contribution in [0.15, 0.2) is 12.2 Å². The van der Waals surface area contributed by atoms with Gasteiger partial charge in [-0.25, -0.2) is 0 Å². The van der Waals surface area contributed by atoms with Gasteiger partial charge in [-0.05, 0) is 26.2 Å². The zero-order chi connectivity index (χ0) is 11.1. The molecule has 1 rings (SSSR count). The summed E-state index contributed by atoms with van der Waals surface area (Å²) in [5, 5.41) is 10.4. The molecule has 1 unspecified atom stereocenters. The standard InChI is InChI=1S/C13H24O2/c1-3-5-6-9-12(15-4-2)13(14)10-7-8-11-13/h6,9,12,14H,3-5,7-8,10-11H2,1-2H3. The first-order chi connectivity index (χ1) is 7.23. The summed E-state index contributed by atoms with van der Waals surface area (Å²) in [6.45, 7) is 4.81. The lowest BCUT2D eigenvalue weighted by atomic mass is 9.94. The van der Waals surface area contributed by atoms with E-state index in [2.05, 4.69) is 19.1 Å². The number of allylic oxidation sites excluding steroid dienone is 1. The maximum Gasteiger partial charge on any atom is 0.104 e. The Morgan fingerprint density at radius 1 is 1.33 bits per heavy atom. The lowest BCUT2D eigenvalue weighted by molar-refractivity contribution is -0.0788. The Morgan fingerprint density at radius 3 is 2.53 bits per heavy atom. The molecule has 1 saturated carbocycles. The molecule has 0 radical (unpaired) electrons. The minimum absolute atomic E-state index is 0.100. The molecule has 0 bridgehead atoms. The summed E-state index contributed by atoms with van der Waals surface area (Å²) < 4.78 is 5.64. The normalized spacial score (nSPS) is 22.3. The van der Waals surface area contributed by atoms with Gasteiger partial charge in [0.1, 0.15) is 6.10 Å². The third-order valence-corrected chi connectivity index (χ3v) is 3.11. The van der Waals surface area contributed by atoms with Crippen LogP contribution in [0.2, 0.25) is 0 Å². The summed E-state index contributed by atoms with van der Waals surface area (Å²) in [5.41, 5.74) is -0.597. The number of unbranched alkanes of at least 4 members (excludes halogenated alkanes) is 1. The van der Waals surface area contributed by atoms with Gasteiger partial charge in [-0.15, -0.1) is 0 Å². The van der Waals surface area contributed by atoms with E-state index in [0.717, 1.165) is 38.5 Å². The summed E-state index contributed by atoms with van der Waals surface area (Å²) in [7, 11) is 0. The molecule has 2 heteroatoms. The molecule has 0 aliphatic heterocycles. The fourth-order valence-corrected chi connectivity index (χ4v) is 2.23. The molecule has 0 aromatic rings. The monoisotopic (exact) mass is 212 g/mol. The van der Waals surface area contributed by atoms with E-state index in [1.807, 2.05) is 6.92 Å². The van der Waals surface area contributed by atoms with Gasteiger partial charge in [0, 0.05) is 6.61 Å². The van der Waals surface area contributed by atoms with E-state index in [1.165, 1.54) is 0 Å². The Labute approximate surface area is 93.3 Å². The SMILES string of the molecule is CCCC=CC(OCC)C1(O)CCCC1. The fourth-order valence-electron chi connectivity index (χ4n) is 2.23. The molecule has 0 saturated heterocycles. The van der Waals surface area contributed by atoms with Crippen LogP contribution in [0.5, 0.6) is 0 Å². The van der Waals surface area contributed by atoms with Gasteiger partial charge in [0.05, 0.1) is 5.60 Å². The highest BCUT2D eigenvalue weighted by Gasteiger charge is 2.38. The summed E-state index contributed by atoms with van der Waals surface area (Å²) in [5.74, 6) is 0. The summed E-state index contributed by atoms with van der Waals surface area (Å²) in [4.78, 5) is 0. The maximum absolute atomic E-state index is 10.4. The Kier molecular flexibility index (Phi) is 5.34. The predicted octanol–water partition coefficient (Wildman–Crippen LogP) is 3.05. The Bertz CT molecular complexity index is 193. The van der Waals surface area contributed by atoms with Crippen LogP contribution in [0.1, 0.15) is 52.4 Å². The van der Waals surface area contributed by atoms with Crippen LogP contribution < -0.4 is 0 Å². The molecule has 0 aromatic heterocycles. The average Bonchev–Trinajstić information content (AvgIpc) is 2.65. The lowest BCUT2D eigenvalue weighted by Gasteiger charge is -2.30. The Morgan fingerprint density at radius 2 is 2.00 bits per heavy atom. The first-order valence-corrected chi connectivity index (χ1v) is 6.23. The lowest BCUT2D eigenvalue weighted by Crippen LogP contribution is -2.40. The predicted molar refractivity (Wildman–Crippen MR) is 62.9 cm³/mol. The highest BCUT2D eigenvalue weighted by atomic mass is 16.5. The number of ether oxygens (including phenoxy) is 1. The summed E-state index contributed by atoms with van der Waals surface area (Å²) in [6.07, 6.45) is 10.3. The molecule has 1 aliphatic rings. The van der Waals surface area contributed by atoms with Crippen molar-refractivity contribution in [1.29, 1.82) is 0 Å². The van der Waals surface area contributed by atoms with Crippen molar-refractivity contribution in [3.05, 3.63) is 12.2 Å². The van der Waals surface area contributed by atoms with Crippen LogP contribution in [0, 0.1) is 0 Å². The molecule has 15 heavy (non-hydrogen) atoms.